The van der Waals surface area contributed by atoms with Crippen molar-refractivity contribution in [2.24, 2.45) is 0 Å². The SMILES string of the molecule is C=Cc1ccc(CCc2ccc(C(C)CC)cc2)cc1. The van der Waals surface area contributed by atoms with Gasteiger partial charge in [0, 0.05) is 0 Å². The number of benzene rings is 2. The Morgan fingerprint density at radius 3 is 1.85 bits per heavy atom. The zero-order valence-electron chi connectivity index (χ0n) is 12.6. The molecule has 0 N–H and O–H groups in total. The molecule has 1 atom stereocenters. The maximum absolute atomic E-state index is 3.78. The number of rotatable bonds is 6. The van der Waals surface area contributed by atoms with E-state index in [-0.39, 0.29) is 0 Å². The third-order valence-corrected chi connectivity index (χ3v) is 4.08. The molecule has 0 aliphatic rings. The van der Waals surface area contributed by atoms with Crippen molar-refractivity contribution in [2.45, 2.75) is 39.0 Å². The van der Waals surface area contributed by atoms with Crippen LogP contribution >= 0.6 is 0 Å². The molecule has 0 aliphatic carbocycles. The Morgan fingerprint density at radius 1 is 0.900 bits per heavy atom. The fourth-order valence-electron chi connectivity index (χ4n) is 2.36. The fraction of sp³-hybridized carbons (Fsp3) is 0.300. The van der Waals surface area contributed by atoms with Crippen LogP contribution in [0.25, 0.3) is 6.08 Å². The molecule has 0 heteroatoms. The van der Waals surface area contributed by atoms with E-state index in [9.17, 15) is 0 Å². The first-order valence-corrected chi connectivity index (χ1v) is 7.53. The van der Waals surface area contributed by atoms with Crippen molar-refractivity contribution >= 4 is 6.08 Å². The summed E-state index contributed by atoms with van der Waals surface area (Å²) in [4.78, 5) is 0. The van der Waals surface area contributed by atoms with E-state index in [1.54, 1.807) is 0 Å². The summed E-state index contributed by atoms with van der Waals surface area (Å²) in [5.74, 6) is 0.662. The Bertz CT molecular complexity index is 531. The average molecular weight is 264 g/mol. The van der Waals surface area contributed by atoms with E-state index in [1.807, 2.05) is 6.08 Å². The van der Waals surface area contributed by atoms with E-state index in [1.165, 1.54) is 28.7 Å². The maximum atomic E-state index is 3.78. The minimum absolute atomic E-state index is 0.662. The Labute approximate surface area is 123 Å². The van der Waals surface area contributed by atoms with Crippen molar-refractivity contribution in [1.29, 1.82) is 0 Å². The number of aryl methyl sites for hydroxylation is 2. The second-order valence-corrected chi connectivity index (χ2v) is 5.50. The van der Waals surface area contributed by atoms with Gasteiger partial charge in [0.2, 0.25) is 0 Å². The van der Waals surface area contributed by atoms with Gasteiger partial charge < -0.3 is 0 Å². The second-order valence-electron chi connectivity index (χ2n) is 5.50. The smallest absolute Gasteiger partial charge is 0.0193 e. The lowest BCUT2D eigenvalue weighted by molar-refractivity contribution is 0.733. The lowest BCUT2D eigenvalue weighted by Gasteiger charge is -2.10. The molecule has 20 heavy (non-hydrogen) atoms. The van der Waals surface area contributed by atoms with Crippen LogP contribution < -0.4 is 0 Å². The van der Waals surface area contributed by atoms with Gasteiger partial charge in [0.15, 0.2) is 0 Å². The van der Waals surface area contributed by atoms with E-state index in [0.717, 1.165) is 12.8 Å². The number of hydrogen-bond acceptors (Lipinski definition) is 0. The lowest BCUT2D eigenvalue weighted by atomic mass is 9.96. The van der Waals surface area contributed by atoms with Crippen LogP contribution in [0.2, 0.25) is 0 Å². The first-order valence-electron chi connectivity index (χ1n) is 7.53. The molecule has 2 rings (SSSR count). The second kappa shape index (κ2) is 7.09. The molecule has 104 valence electrons. The highest BCUT2D eigenvalue weighted by Gasteiger charge is 2.02. The van der Waals surface area contributed by atoms with E-state index in [4.69, 9.17) is 0 Å². The monoisotopic (exact) mass is 264 g/mol. The zero-order valence-corrected chi connectivity index (χ0v) is 12.6. The van der Waals surface area contributed by atoms with Crippen LogP contribution in [0.4, 0.5) is 0 Å². The van der Waals surface area contributed by atoms with Crippen LogP contribution in [0, 0.1) is 0 Å². The standard InChI is InChI=1S/C20H24/c1-4-16(3)20-14-12-19(13-15-20)11-10-18-8-6-17(5-2)7-9-18/h5-9,12-16H,2,4,10-11H2,1,3H3. The summed E-state index contributed by atoms with van der Waals surface area (Å²) >= 11 is 0. The summed E-state index contributed by atoms with van der Waals surface area (Å²) in [5.41, 5.74) is 5.45. The first kappa shape index (κ1) is 14.6. The van der Waals surface area contributed by atoms with Crippen molar-refractivity contribution in [2.75, 3.05) is 0 Å². The highest BCUT2D eigenvalue weighted by molar-refractivity contribution is 5.47. The summed E-state index contributed by atoms with van der Waals surface area (Å²) in [7, 11) is 0. The van der Waals surface area contributed by atoms with Gasteiger partial charge in [0.05, 0.1) is 0 Å². The predicted octanol–water partition coefficient (Wildman–Crippen LogP) is 5.63. The summed E-state index contributed by atoms with van der Waals surface area (Å²) in [6.45, 7) is 8.31. The van der Waals surface area contributed by atoms with Gasteiger partial charge in [0.25, 0.3) is 0 Å². The molecule has 0 amide bonds. The molecule has 0 nitrogen and oxygen atoms in total. The molecule has 0 saturated carbocycles. The van der Waals surface area contributed by atoms with Crippen LogP contribution in [0.5, 0.6) is 0 Å². The Balaban J connectivity index is 1.94. The molecule has 0 aromatic heterocycles. The van der Waals surface area contributed by atoms with Gasteiger partial charge in [-0.15, -0.1) is 0 Å². The van der Waals surface area contributed by atoms with Gasteiger partial charge in [0.1, 0.15) is 0 Å². The molecule has 0 fully saturated rings. The van der Waals surface area contributed by atoms with Crippen molar-refractivity contribution in [3.8, 4) is 0 Å². The van der Waals surface area contributed by atoms with Crippen LogP contribution in [-0.2, 0) is 12.8 Å². The largest absolute Gasteiger partial charge is 0.0985 e. The highest BCUT2D eigenvalue weighted by Crippen LogP contribution is 2.19. The van der Waals surface area contributed by atoms with Crippen LogP contribution in [0.15, 0.2) is 55.1 Å². The van der Waals surface area contributed by atoms with Gasteiger partial charge in [-0.3, -0.25) is 0 Å². The molecule has 0 saturated heterocycles. The van der Waals surface area contributed by atoms with Gasteiger partial charge in [-0.2, -0.15) is 0 Å². The minimum Gasteiger partial charge on any atom is -0.0985 e. The maximum Gasteiger partial charge on any atom is -0.0193 e. The van der Waals surface area contributed by atoms with Crippen molar-refractivity contribution in [3.63, 3.8) is 0 Å². The minimum atomic E-state index is 0.662. The molecule has 0 spiro atoms. The molecular formula is C20H24. The predicted molar refractivity (Wildman–Crippen MR) is 89.1 cm³/mol. The highest BCUT2D eigenvalue weighted by atomic mass is 14.1. The molecule has 2 aromatic carbocycles. The molecule has 0 heterocycles. The first-order chi connectivity index (χ1) is 9.72. The van der Waals surface area contributed by atoms with E-state index < -0.39 is 0 Å². The third-order valence-electron chi connectivity index (χ3n) is 4.08. The molecule has 0 radical (unpaired) electrons. The Kier molecular flexibility index (Phi) is 5.17. The zero-order chi connectivity index (χ0) is 14.4. The fourth-order valence-corrected chi connectivity index (χ4v) is 2.36. The summed E-state index contributed by atoms with van der Waals surface area (Å²) in [6, 6.07) is 17.8. The average Bonchev–Trinajstić information content (AvgIpc) is 2.53. The quantitative estimate of drug-likeness (QED) is 0.634. The van der Waals surface area contributed by atoms with E-state index in [2.05, 4.69) is 69.0 Å². The lowest BCUT2D eigenvalue weighted by Crippen LogP contribution is -1.94. The Hall–Kier alpha value is -1.82. The molecule has 0 aliphatic heterocycles. The van der Waals surface area contributed by atoms with Crippen LogP contribution in [0.1, 0.15) is 48.4 Å². The van der Waals surface area contributed by atoms with Gasteiger partial charge >= 0.3 is 0 Å². The van der Waals surface area contributed by atoms with Crippen molar-refractivity contribution in [1.82, 2.24) is 0 Å². The topological polar surface area (TPSA) is 0 Å². The number of hydrogen-bond donors (Lipinski definition) is 0. The molecule has 2 aromatic rings. The molecule has 0 bridgehead atoms. The van der Waals surface area contributed by atoms with Gasteiger partial charge in [-0.25, -0.2) is 0 Å². The molecule has 1 unspecified atom stereocenters. The molecular weight excluding hydrogens is 240 g/mol. The van der Waals surface area contributed by atoms with Crippen molar-refractivity contribution < 1.29 is 0 Å². The summed E-state index contributed by atoms with van der Waals surface area (Å²) in [5, 5.41) is 0. The van der Waals surface area contributed by atoms with E-state index >= 15 is 0 Å². The summed E-state index contributed by atoms with van der Waals surface area (Å²) < 4.78 is 0. The summed E-state index contributed by atoms with van der Waals surface area (Å²) in [6.07, 6.45) is 5.29. The van der Waals surface area contributed by atoms with E-state index in [0.29, 0.717) is 5.92 Å². The third kappa shape index (κ3) is 3.84. The Morgan fingerprint density at radius 2 is 1.40 bits per heavy atom. The van der Waals surface area contributed by atoms with Gasteiger partial charge in [-0.05, 0) is 47.4 Å². The van der Waals surface area contributed by atoms with Crippen molar-refractivity contribution in [3.05, 3.63) is 77.4 Å². The van der Waals surface area contributed by atoms with Gasteiger partial charge in [-0.1, -0.05) is 75.0 Å². The van der Waals surface area contributed by atoms with Crippen LogP contribution in [0.3, 0.4) is 0 Å². The normalized spacial score (nSPS) is 12.1. The van der Waals surface area contributed by atoms with Crippen LogP contribution in [-0.4, -0.2) is 0 Å².